The molecule has 1 N–H and O–H groups in total. The van der Waals surface area contributed by atoms with Gasteiger partial charge in [0.25, 0.3) is 5.92 Å². The molecule has 9 heteroatoms. The summed E-state index contributed by atoms with van der Waals surface area (Å²) >= 11 is 3.24. The number of ether oxygens (including phenoxy) is 2. The first-order valence-electron chi connectivity index (χ1n) is 12.0. The second-order valence-electron chi connectivity index (χ2n) is 11.0. The fourth-order valence-corrected chi connectivity index (χ4v) is 5.45. The molecule has 192 valence electrons. The number of benzene rings is 2. The second-order valence-corrected chi connectivity index (χ2v) is 12.0. The number of aliphatic hydroxyl groups is 1. The molecule has 1 saturated carbocycles. The summed E-state index contributed by atoms with van der Waals surface area (Å²) in [5.74, 6) is -3.84. The van der Waals surface area contributed by atoms with Crippen LogP contribution in [0.4, 0.5) is 13.6 Å². The summed E-state index contributed by atoms with van der Waals surface area (Å²) in [6.45, 7) is 5.30. The zero-order valence-corrected chi connectivity index (χ0v) is 21.9. The normalized spacial score (nSPS) is 21.6. The number of aliphatic hydroxyl groups excluding tert-OH is 1. The van der Waals surface area contributed by atoms with Gasteiger partial charge in [0.1, 0.15) is 24.4 Å². The Kier molecular flexibility index (Phi) is 5.95. The molecule has 0 aromatic heterocycles. The zero-order chi connectivity index (χ0) is 26.0. The van der Waals surface area contributed by atoms with Gasteiger partial charge in [-0.2, -0.15) is 8.78 Å². The molecule has 2 aliphatic carbocycles. The predicted octanol–water partition coefficient (Wildman–Crippen LogP) is 5.94. The number of rotatable bonds is 4. The highest BCUT2D eigenvalue weighted by atomic mass is 79.9. The van der Waals surface area contributed by atoms with Crippen molar-refractivity contribution in [1.82, 2.24) is 4.90 Å². The number of fused-ring (bicyclic) bond motifs is 3. The molecular formula is C27H28BrF2NO5. The molecule has 2 atom stereocenters. The van der Waals surface area contributed by atoms with Gasteiger partial charge in [-0.05, 0) is 80.3 Å². The van der Waals surface area contributed by atoms with E-state index in [1.807, 2.05) is 0 Å². The van der Waals surface area contributed by atoms with E-state index in [0.717, 1.165) is 12.8 Å². The van der Waals surface area contributed by atoms with Crippen LogP contribution in [0.15, 0.2) is 40.9 Å². The summed E-state index contributed by atoms with van der Waals surface area (Å²) in [6.07, 6.45) is 0.486. The van der Waals surface area contributed by atoms with Gasteiger partial charge in [0.05, 0.1) is 0 Å². The maximum atomic E-state index is 15.1. The molecule has 36 heavy (non-hydrogen) atoms. The highest BCUT2D eigenvalue weighted by molar-refractivity contribution is 9.10. The lowest BCUT2D eigenvalue weighted by Gasteiger charge is -2.27. The average Bonchev–Trinajstić information content (AvgIpc) is 3.38. The van der Waals surface area contributed by atoms with Crippen molar-refractivity contribution >= 4 is 28.0 Å². The monoisotopic (exact) mass is 563 g/mol. The topological polar surface area (TPSA) is 76.1 Å². The van der Waals surface area contributed by atoms with Crippen LogP contribution in [0.2, 0.25) is 0 Å². The van der Waals surface area contributed by atoms with Crippen LogP contribution in [0.1, 0.15) is 62.8 Å². The molecule has 1 spiro atoms. The molecule has 2 unspecified atom stereocenters. The van der Waals surface area contributed by atoms with Crippen LogP contribution in [0.3, 0.4) is 0 Å². The van der Waals surface area contributed by atoms with Crippen LogP contribution in [0, 0.1) is 5.41 Å². The number of alkyl halides is 2. The second kappa shape index (κ2) is 8.52. The Hall–Kier alpha value is -2.52. The SMILES string of the molecule is CC(C)(C)OC(=O)N1CC2(CC2)CC1C(=O)OCC(O)c1ccc2c(c1)C(F)(F)c1cc(Br)ccc1-2. The third kappa shape index (κ3) is 4.52. The van der Waals surface area contributed by atoms with Gasteiger partial charge in [0.15, 0.2) is 0 Å². The van der Waals surface area contributed by atoms with Gasteiger partial charge in [-0.1, -0.05) is 34.1 Å². The van der Waals surface area contributed by atoms with Crippen molar-refractivity contribution in [2.24, 2.45) is 5.41 Å². The minimum atomic E-state index is -3.21. The first-order valence-corrected chi connectivity index (χ1v) is 12.8. The number of hydrogen-bond acceptors (Lipinski definition) is 5. The van der Waals surface area contributed by atoms with E-state index in [2.05, 4.69) is 15.9 Å². The summed E-state index contributed by atoms with van der Waals surface area (Å²) in [6, 6.07) is 8.34. The van der Waals surface area contributed by atoms with E-state index in [9.17, 15) is 14.7 Å². The van der Waals surface area contributed by atoms with Crippen molar-refractivity contribution in [2.45, 2.75) is 63.7 Å². The predicted molar refractivity (Wildman–Crippen MR) is 132 cm³/mol. The van der Waals surface area contributed by atoms with Crippen LogP contribution >= 0.6 is 15.9 Å². The van der Waals surface area contributed by atoms with Gasteiger partial charge >= 0.3 is 12.1 Å². The van der Waals surface area contributed by atoms with E-state index in [0.29, 0.717) is 28.6 Å². The van der Waals surface area contributed by atoms with Gasteiger partial charge < -0.3 is 14.6 Å². The fraction of sp³-hybridized carbons (Fsp3) is 0.481. The molecule has 2 aromatic rings. The Labute approximate surface area is 216 Å². The lowest BCUT2D eigenvalue weighted by atomic mass is 10.00. The lowest BCUT2D eigenvalue weighted by molar-refractivity contribution is -0.152. The minimum absolute atomic E-state index is 0.0746. The van der Waals surface area contributed by atoms with E-state index >= 15 is 8.78 Å². The van der Waals surface area contributed by atoms with Gasteiger partial charge in [0.2, 0.25) is 0 Å². The van der Waals surface area contributed by atoms with E-state index in [4.69, 9.17) is 9.47 Å². The van der Waals surface area contributed by atoms with Crippen molar-refractivity contribution < 1.29 is 33.0 Å². The number of esters is 1. The number of carbonyl (C=O) groups is 2. The Morgan fingerprint density at radius 2 is 1.78 bits per heavy atom. The van der Waals surface area contributed by atoms with E-state index in [1.54, 1.807) is 45.0 Å². The molecule has 6 nitrogen and oxygen atoms in total. The molecule has 1 aliphatic heterocycles. The van der Waals surface area contributed by atoms with Crippen LogP contribution in [-0.4, -0.2) is 46.9 Å². The zero-order valence-electron chi connectivity index (χ0n) is 20.3. The van der Waals surface area contributed by atoms with Gasteiger partial charge in [-0.25, -0.2) is 9.59 Å². The van der Waals surface area contributed by atoms with Crippen molar-refractivity contribution in [3.8, 4) is 11.1 Å². The molecular weight excluding hydrogens is 536 g/mol. The lowest BCUT2D eigenvalue weighted by Crippen LogP contribution is -2.44. The van der Waals surface area contributed by atoms with Crippen molar-refractivity contribution in [2.75, 3.05) is 13.2 Å². The maximum Gasteiger partial charge on any atom is 0.411 e. The summed E-state index contributed by atoms with van der Waals surface area (Å²) in [5.41, 5.74) is 0.0131. The van der Waals surface area contributed by atoms with Gasteiger partial charge in [-0.3, -0.25) is 4.90 Å². The Balaban J connectivity index is 1.28. The van der Waals surface area contributed by atoms with Crippen LogP contribution in [0.5, 0.6) is 0 Å². The molecule has 1 saturated heterocycles. The third-order valence-electron chi connectivity index (χ3n) is 7.13. The largest absolute Gasteiger partial charge is 0.461 e. The van der Waals surface area contributed by atoms with E-state index < -0.39 is 42.3 Å². The van der Waals surface area contributed by atoms with Gasteiger partial charge in [-0.15, -0.1) is 0 Å². The molecule has 3 aliphatic rings. The Morgan fingerprint density at radius 1 is 1.14 bits per heavy atom. The molecule has 1 amide bonds. The minimum Gasteiger partial charge on any atom is -0.461 e. The standard InChI is InChI=1S/C27H28BrF2NO5/c1-25(2,3)36-24(34)31-14-26(8-9-26)12-21(31)23(33)35-13-22(32)15-4-6-17-18-7-5-16(28)11-20(18)27(29,30)19(17)10-15/h4-7,10-11,21-22,32H,8-9,12-14H2,1-3H3. The van der Waals surface area contributed by atoms with E-state index in [-0.39, 0.29) is 22.1 Å². The maximum absolute atomic E-state index is 15.1. The number of hydrogen-bond donors (Lipinski definition) is 1. The molecule has 0 bridgehead atoms. The first kappa shape index (κ1) is 25.1. The molecule has 5 rings (SSSR count). The summed E-state index contributed by atoms with van der Waals surface area (Å²) in [4.78, 5) is 27.1. The van der Waals surface area contributed by atoms with Crippen molar-refractivity contribution in [1.29, 1.82) is 0 Å². The summed E-state index contributed by atoms with van der Waals surface area (Å²) in [5, 5.41) is 10.7. The first-order chi connectivity index (χ1) is 16.8. The highest BCUT2D eigenvalue weighted by Crippen LogP contribution is 2.55. The summed E-state index contributed by atoms with van der Waals surface area (Å²) in [7, 11) is 0. The van der Waals surface area contributed by atoms with Crippen LogP contribution in [-0.2, 0) is 20.2 Å². The number of likely N-dealkylation sites (tertiary alicyclic amines) is 1. The van der Waals surface area contributed by atoms with Crippen LogP contribution in [0.25, 0.3) is 11.1 Å². The molecule has 2 aromatic carbocycles. The highest BCUT2D eigenvalue weighted by Gasteiger charge is 2.56. The fourth-order valence-electron chi connectivity index (χ4n) is 5.09. The number of nitrogens with zero attached hydrogens (tertiary/aromatic N) is 1. The summed E-state index contributed by atoms with van der Waals surface area (Å²) < 4.78 is 41.7. The smallest absolute Gasteiger partial charge is 0.411 e. The van der Waals surface area contributed by atoms with E-state index in [1.165, 1.54) is 17.0 Å². The quantitative estimate of drug-likeness (QED) is 0.466. The molecule has 0 radical (unpaired) electrons. The molecule has 2 fully saturated rings. The Bertz CT molecular complexity index is 1240. The molecule has 1 heterocycles. The van der Waals surface area contributed by atoms with Gasteiger partial charge in [0, 0.05) is 22.1 Å². The van der Waals surface area contributed by atoms with Crippen molar-refractivity contribution in [3.05, 3.63) is 57.6 Å². The average molecular weight is 564 g/mol. The van der Waals surface area contributed by atoms with Crippen LogP contribution < -0.4 is 0 Å². The Morgan fingerprint density at radius 3 is 2.42 bits per heavy atom. The number of carbonyl (C=O) groups excluding carboxylic acids is 2. The number of halogens is 3. The number of amides is 1. The third-order valence-corrected chi connectivity index (χ3v) is 7.62. The van der Waals surface area contributed by atoms with Crippen molar-refractivity contribution in [3.63, 3.8) is 0 Å².